The van der Waals surface area contributed by atoms with Gasteiger partial charge in [0.25, 0.3) is 0 Å². The average molecular weight is 405 g/mol. The van der Waals surface area contributed by atoms with Gasteiger partial charge >= 0.3 is 6.09 Å². The lowest BCUT2D eigenvalue weighted by Gasteiger charge is -2.22. The zero-order valence-electron chi connectivity index (χ0n) is 17.2. The number of cyclic esters (lactones) is 1. The minimum Gasteiger partial charge on any atom is -0.442 e. The molecule has 5 rings (SSSR count). The molecule has 2 heterocycles. The highest BCUT2D eigenvalue weighted by Crippen LogP contribution is 2.59. The van der Waals surface area contributed by atoms with Crippen LogP contribution in [0, 0.1) is 5.92 Å². The first-order valence-corrected chi connectivity index (χ1v) is 10.6. The van der Waals surface area contributed by atoms with Crippen LogP contribution in [0.1, 0.15) is 24.5 Å². The van der Waals surface area contributed by atoms with Crippen molar-refractivity contribution in [2.45, 2.75) is 31.4 Å². The molecule has 0 radical (unpaired) electrons. The molecule has 30 heavy (non-hydrogen) atoms. The Balaban J connectivity index is 1.23. The number of nitrogens with one attached hydrogen (secondary N) is 1. The molecule has 0 bridgehead atoms. The van der Waals surface area contributed by atoms with Gasteiger partial charge in [0.05, 0.1) is 13.1 Å². The van der Waals surface area contributed by atoms with Crippen molar-refractivity contribution < 1.29 is 14.3 Å². The Bertz CT molecular complexity index is 946. The molecule has 1 saturated carbocycles. The molecule has 6 heteroatoms. The fourth-order valence-corrected chi connectivity index (χ4v) is 5.07. The maximum atomic E-state index is 12.2. The van der Waals surface area contributed by atoms with Gasteiger partial charge in [-0.15, -0.1) is 0 Å². The van der Waals surface area contributed by atoms with Gasteiger partial charge in [0, 0.05) is 37.7 Å². The number of ether oxygens (including phenoxy) is 1. The number of rotatable bonds is 6. The predicted molar refractivity (Wildman–Crippen MR) is 114 cm³/mol. The van der Waals surface area contributed by atoms with Crippen LogP contribution >= 0.6 is 0 Å². The molecule has 3 fully saturated rings. The van der Waals surface area contributed by atoms with Crippen LogP contribution in [-0.2, 0) is 21.5 Å². The highest BCUT2D eigenvalue weighted by Gasteiger charge is 2.60. The molecule has 3 atom stereocenters. The number of carbonyl (C=O) groups is 2. The summed E-state index contributed by atoms with van der Waals surface area (Å²) >= 11 is 0. The Hall–Kier alpha value is -2.86. The summed E-state index contributed by atoms with van der Waals surface area (Å²) in [4.78, 5) is 27.5. The van der Waals surface area contributed by atoms with E-state index in [0.29, 0.717) is 13.1 Å². The lowest BCUT2D eigenvalue weighted by atomic mass is 9.94. The Morgan fingerprint density at radius 1 is 1.13 bits per heavy atom. The van der Waals surface area contributed by atoms with Crippen LogP contribution in [0.2, 0.25) is 0 Å². The number of anilines is 1. The van der Waals surface area contributed by atoms with Crippen LogP contribution in [0.15, 0.2) is 54.6 Å². The van der Waals surface area contributed by atoms with Crippen molar-refractivity contribution in [3.63, 3.8) is 0 Å². The van der Waals surface area contributed by atoms with E-state index in [-0.39, 0.29) is 23.5 Å². The number of likely N-dealkylation sites (tertiary alicyclic amines) is 1. The number of fused-ring (bicyclic) bond motifs is 1. The van der Waals surface area contributed by atoms with Crippen LogP contribution in [0.3, 0.4) is 0 Å². The van der Waals surface area contributed by atoms with Crippen LogP contribution in [0.25, 0.3) is 0 Å². The third-order valence-electron chi connectivity index (χ3n) is 6.67. The lowest BCUT2D eigenvalue weighted by molar-refractivity contribution is -0.119. The molecule has 2 aromatic rings. The minimum atomic E-state index is -0.351. The van der Waals surface area contributed by atoms with E-state index >= 15 is 0 Å². The second-order valence-electron chi connectivity index (χ2n) is 8.81. The fraction of sp³-hybridized carbons (Fsp3) is 0.417. The van der Waals surface area contributed by atoms with E-state index in [2.05, 4.69) is 52.7 Å². The van der Waals surface area contributed by atoms with Crippen LogP contribution in [0.4, 0.5) is 10.5 Å². The van der Waals surface area contributed by atoms with Gasteiger partial charge < -0.3 is 10.1 Å². The van der Waals surface area contributed by atoms with Gasteiger partial charge in [-0.05, 0) is 35.6 Å². The number of benzene rings is 2. The van der Waals surface area contributed by atoms with Crippen molar-refractivity contribution in [1.29, 1.82) is 0 Å². The first kappa shape index (κ1) is 19.1. The monoisotopic (exact) mass is 405 g/mol. The van der Waals surface area contributed by atoms with E-state index < -0.39 is 0 Å². The predicted octanol–water partition coefficient (Wildman–Crippen LogP) is 2.92. The van der Waals surface area contributed by atoms with Gasteiger partial charge in [0.2, 0.25) is 5.91 Å². The van der Waals surface area contributed by atoms with Crippen molar-refractivity contribution in [3.05, 3.63) is 65.7 Å². The molecular formula is C24H27N3O3. The molecule has 3 aliphatic rings. The molecule has 0 spiro atoms. The maximum absolute atomic E-state index is 12.2. The van der Waals surface area contributed by atoms with Crippen molar-refractivity contribution in [2.24, 2.45) is 5.92 Å². The molecular weight excluding hydrogens is 378 g/mol. The fourth-order valence-electron chi connectivity index (χ4n) is 5.07. The van der Waals surface area contributed by atoms with Crippen molar-refractivity contribution >= 4 is 17.7 Å². The topological polar surface area (TPSA) is 61.9 Å². The molecule has 1 aliphatic carbocycles. The Morgan fingerprint density at radius 2 is 1.90 bits per heavy atom. The van der Waals surface area contributed by atoms with E-state index in [1.807, 2.05) is 12.1 Å². The number of hydrogen-bond donors (Lipinski definition) is 1. The quantitative estimate of drug-likeness (QED) is 0.803. The summed E-state index contributed by atoms with van der Waals surface area (Å²) in [5.74, 6) is 0.607. The molecule has 2 aromatic carbocycles. The number of amides is 2. The van der Waals surface area contributed by atoms with E-state index in [9.17, 15) is 9.59 Å². The van der Waals surface area contributed by atoms with E-state index in [4.69, 9.17) is 4.74 Å². The average Bonchev–Trinajstić information content (AvgIpc) is 3.11. The molecule has 2 aliphatic heterocycles. The highest BCUT2D eigenvalue weighted by atomic mass is 16.6. The van der Waals surface area contributed by atoms with Crippen LogP contribution in [-0.4, -0.2) is 49.2 Å². The lowest BCUT2D eigenvalue weighted by Crippen LogP contribution is -2.33. The second kappa shape index (κ2) is 7.43. The zero-order chi connectivity index (χ0) is 20.7. The van der Waals surface area contributed by atoms with Gasteiger partial charge in [-0.25, -0.2) is 4.79 Å². The standard InChI is InChI=1S/C24H27N3O3/c1-17(28)25-12-22-15-27(23(29)30-22)21-9-7-19(8-10-21)24-11-20(24)14-26(16-24)13-18-5-3-2-4-6-18/h2-10,20,22H,11-16H2,1H3,(H,25,28)/t20?,22-,24?/m0/s1. The van der Waals surface area contributed by atoms with E-state index in [1.54, 1.807) is 4.90 Å². The van der Waals surface area contributed by atoms with Crippen molar-refractivity contribution in [2.75, 3.05) is 31.1 Å². The normalized spacial score (nSPS) is 27.6. The third-order valence-corrected chi connectivity index (χ3v) is 6.67. The largest absolute Gasteiger partial charge is 0.442 e. The van der Waals surface area contributed by atoms with Gasteiger partial charge in [-0.1, -0.05) is 42.5 Å². The smallest absolute Gasteiger partial charge is 0.414 e. The second-order valence-corrected chi connectivity index (χ2v) is 8.81. The summed E-state index contributed by atoms with van der Waals surface area (Å²) in [6.45, 7) is 5.51. The Kier molecular flexibility index (Phi) is 4.74. The van der Waals surface area contributed by atoms with Crippen molar-refractivity contribution in [3.8, 4) is 0 Å². The molecule has 2 unspecified atom stereocenters. The van der Waals surface area contributed by atoms with E-state index in [1.165, 1.54) is 24.5 Å². The molecule has 6 nitrogen and oxygen atoms in total. The molecule has 2 saturated heterocycles. The highest BCUT2D eigenvalue weighted by molar-refractivity contribution is 5.89. The first-order valence-electron chi connectivity index (χ1n) is 10.6. The first-order chi connectivity index (χ1) is 14.5. The molecule has 156 valence electrons. The SMILES string of the molecule is CC(=O)NC[C@H]1CN(c2ccc(C34CC3CN(Cc3ccccc3)C4)cc2)C(=O)O1. The third kappa shape index (κ3) is 3.56. The molecule has 1 N–H and O–H groups in total. The minimum absolute atomic E-state index is 0.120. The van der Waals surface area contributed by atoms with E-state index in [0.717, 1.165) is 31.2 Å². The summed E-state index contributed by atoms with van der Waals surface area (Å²) in [7, 11) is 0. The zero-order valence-corrected chi connectivity index (χ0v) is 17.2. The Labute approximate surface area is 176 Å². The molecule has 0 aromatic heterocycles. The van der Waals surface area contributed by atoms with Gasteiger partial charge in [-0.2, -0.15) is 0 Å². The molecule has 2 amide bonds. The summed E-state index contributed by atoms with van der Waals surface area (Å²) in [5, 5.41) is 2.71. The summed E-state index contributed by atoms with van der Waals surface area (Å²) in [6.07, 6.45) is 0.590. The van der Waals surface area contributed by atoms with Crippen LogP contribution < -0.4 is 10.2 Å². The number of carbonyl (C=O) groups excluding carboxylic acids is 2. The van der Waals surface area contributed by atoms with Crippen LogP contribution in [0.5, 0.6) is 0 Å². The summed E-state index contributed by atoms with van der Waals surface area (Å²) in [6, 6.07) is 19.1. The Morgan fingerprint density at radius 3 is 2.63 bits per heavy atom. The number of piperidine rings is 1. The summed E-state index contributed by atoms with van der Waals surface area (Å²) in [5.41, 5.74) is 3.86. The van der Waals surface area contributed by atoms with Gasteiger partial charge in [0.1, 0.15) is 6.10 Å². The summed E-state index contributed by atoms with van der Waals surface area (Å²) < 4.78 is 5.37. The van der Waals surface area contributed by atoms with Gasteiger partial charge in [-0.3, -0.25) is 14.6 Å². The number of nitrogens with zero attached hydrogens (tertiary/aromatic N) is 2. The number of hydrogen-bond acceptors (Lipinski definition) is 4. The maximum Gasteiger partial charge on any atom is 0.414 e. The van der Waals surface area contributed by atoms with Gasteiger partial charge in [0.15, 0.2) is 0 Å². The van der Waals surface area contributed by atoms with Crippen molar-refractivity contribution in [1.82, 2.24) is 10.2 Å².